The summed E-state index contributed by atoms with van der Waals surface area (Å²) in [5.74, 6) is 1.03. The lowest BCUT2D eigenvalue weighted by Gasteiger charge is -2.14. The van der Waals surface area contributed by atoms with Gasteiger partial charge in [-0.2, -0.15) is 10.2 Å². The molecule has 0 amide bonds. The Hall–Kier alpha value is -1.78. The van der Waals surface area contributed by atoms with E-state index in [4.69, 9.17) is 0 Å². The summed E-state index contributed by atoms with van der Waals surface area (Å²) in [7, 11) is 1.95. The van der Waals surface area contributed by atoms with Gasteiger partial charge in [0.2, 0.25) is 0 Å². The molecule has 2 rings (SSSR count). The normalized spacial score (nSPS) is 12.7. The van der Waals surface area contributed by atoms with Crippen molar-refractivity contribution in [2.75, 3.05) is 5.32 Å². The van der Waals surface area contributed by atoms with Gasteiger partial charge in [-0.1, -0.05) is 6.92 Å². The van der Waals surface area contributed by atoms with Crippen LogP contribution in [-0.4, -0.2) is 19.6 Å². The monoisotopic (exact) mass is 247 g/mol. The van der Waals surface area contributed by atoms with Gasteiger partial charge in [0.1, 0.15) is 5.82 Å². The molecule has 2 aromatic rings. The van der Waals surface area contributed by atoms with Gasteiger partial charge >= 0.3 is 0 Å². The van der Waals surface area contributed by atoms with Crippen molar-refractivity contribution in [3.8, 4) is 0 Å². The fourth-order valence-electron chi connectivity index (χ4n) is 2.01. The maximum Gasteiger partial charge on any atom is 0.124 e. The molecule has 1 atom stereocenters. The molecular weight excluding hydrogens is 226 g/mol. The summed E-state index contributed by atoms with van der Waals surface area (Å²) in [6, 6.07) is 4.54. The van der Waals surface area contributed by atoms with Crippen LogP contribution in [0.5, 0.6) is 0 Å². The number of anilines is 1. The molecule has 5 heteroatoms. The number of aromatic nitrogens is 4. The van der Waals surface area contributed by atoms with Crippen LogP contribution in [-0.2, 0) is 13.6 Å². The van der Waals surface area contributed by atoms with Gasteiger partial charge in [0.05, 0.1) is 17.9 Å². The van der Waals surface area contributed by atoms with Gasteiger partial charge in [0.15, 0.2) is 0 Å². The smallest absolute Gasteiger partial charge is 0.124 e. The van der Waals surface area contributed by atoms with E-state index in [1.54, 1.807) is 0 Å². The number of nitrogens with zero attached hydrogens (tertiary/aromatic N) is 4. The molecule has 2 aromatic heterocycles. The van der Waals surface area contributed by atoms with Crippen molar-refractivity contribution >= 4 is 5.82 Å². The molecule has 98 valence electrons. The molecule has 0 radical (unpaired) electrons. The Bertz CT molecular complexity index is 511. The van der Waals surface area contributed by atoms with Crippen molar-refractivity contribution in [2.45, 2.75) is 39.8 Å². The number of rotatable bonds is 5. The predicted octanol–water partition coefficient (Wildman–Crippen LogP) is 2.51. The summed E-state index contributed by atoms with van der Waals surface area (Å²) >= 11 is 0. The average molecular weight is 247 g/mol. The Balaban J connectivity index is 2.06. The summed E-state index contributed by atoms with van der Waals surface area (Å²) in [6.07, 6.45) is 2.94. The van der Waals surface area contributed by atoms with Crippen LogP contribution < -0.4 is 5.32 Å². The fourth-order valence-corrected chi connectivity index (χ4v) is 2.01. The highest BCUT2D eigenvalue weighted by molar-refractivity contribution is 5.37. The second kappa shape index (κ2) is 5.25. The zero-order chi connectivity index (χ0) is 13.1. The van der Waals surface area contributed by atoms with Crippen LogP contribution in [0.3, 0.4) is 0 Å². The van der Waals surface area contributed by atoms with Crippen LogP contribution in [0.15, 0.2) is 18.3 Å². The van der Waals surface area contributed by atoms with E-state index in [1.165, 1.54) is 5.69 Å². The molecule has 0 spiro atoms. The molecule has 2 heterocycles. The Labute approximate surface area is 108 Å². The minimum atomic E-state index is 0.435. The average Bonchev–Trinajstić information content (AvgIpc) is 2.92. The van der Waals surface area contributed by atoms with Crippen LogP contribution in [0, 0.1) is 6.92 Å². The molecule has 18 heavy (non-hydrogen) atoms. The highest BCUT2D eigenvalue weighted by Crippen LogP contribution is 2.14. The van der Waals surface area contributed by atoms with Gasteiger partial charge < -0.3 is 5.32 Å². The van der Waals surface area contributed by atoms with E-state index in [1.807, 2.05) is 30.9 Å². The standard InChI is InChI=1S/C13H21N5/c1-5-11(3)18-12(6-7-15-18)9-14-13-8-10(2)16-17(13)4/h6-8,11,14H,5,9H2,1-4H3/t11-/m0/s1. The molecule has 0 unspecified atom stereocenters. The third kappa shape index (κ3) is 2.55. The second-order valence-electron chi connectivity index (χ2n) is 4.67. The molecule has 0 bridgehead atoms. The van der Waals surface area contributed by atoms with Gasteiger partial charge in [0.25, 0.3) is 0 Å². The largest absolute Gasteiger partial charge is 0.365 e. The zero-order valence-corrected chi connectivity index (χ0v) is 11.5. The van der Waals surface area contributed by atoms with E-state index in [0.29, 0.717) is 6.04 Å². The quantitative estimate of drug-likeness (QED) is 0.883. The predicted molar refractivity (Wildman–Crippen MR) is 72.5 cm³/mol. The number of hydrogen-bond acceptors (Lipinski definition) is 3. The minimum Gasteiger partial charge on any atom is -0.365 e. The van der Waals surface area contributed by atoms with E-state index >= 15 is 0 Å². The summed E-state index contributed by atoms with van der Waals surface area (Å²) in [4.78, 5) is 0. The lowest BCUT2D eigenvalue weighted by atomic mass is 10.2. The molecular formula is C13H21N5. The lowest BCUT2D eigenvalue weighted by molar-refractivity contribution is 0.462. The number of nitrogens with one attached hydrogen (secondary N) is 1. The summed E-state index contributed by atoms with van der Waals surface area (Å²) in [5.41, 5.74) is 2.22. The first-order chi connectivity index (χ1) is 8.61. The Morgan fingerprint density at radius 1 is 1.44 bits per heavy atom. The van der Waals surface area contributed by atoms with Crippen LogP contribution in [0.25, 0.3) is 0 Å². The van der Waals surface area contributed by atoms with Gasteiger partial charge in [-0.05, 0) is 26.3 Å². The molecule has 0 aliphatic carbocycles. The highest BCUT2D eigenvalue weighted by Gasteiger charge is 2.09. The van der Waals surface area contributed by atoms with Crippen molar-refractivity contribution in [1.29, 1.82) is 0 Å². The van der Waals surface area contributed by atoms with E-state index in [0.717, 1.165) is 24.5 Å². The maximum absolute atomic E-state index is 4.38. The highest BCUT2D eigenvalue weighted by atomic mass is 15.3. The van der Waals surface area contributed by atoms with E-state index in [-0.39, 0.29) is 0 Å². The van der Waals surface area contributed by atoms with Crippen molar-refractivity contribution in [3.63, 3.8) is 0 Å². The Morgan fingerprint density at radius 2 is 2.22 bits per heavy atom. The van der Waals surface area contributed by atoms with Crippen LogP contribution in [0.2, 0.25) is 0 Å². The Kier molecular flexibility index (Phi) is 3.69. The van der Waals surface area contributed by atoms with Crippen molar-refractivity contribution < 1.29 is 0 Å². The molecule has 0 aromatic carbocycles. The minimum absolute atomic E-state index is 0.435. The topological polar surface area (TPSA) is 47.7 Å². The number of hydrogen-bond donors (Lipinski definition) is 1. The summed E-state index contributed by atoms with van der Waals surface area (Å²) in [5, 5.41) is 12.1. The van der Waals surface area contributed by atoms with Crippen molar-refractivity contribution in [1.82, 2.24) is 19.6 Å². The molecule has 1 N–H and O–H groups in total. The third-order valence-electron chi connectivity index (χ3n) is 3.21. The number of aryl methyl sites for hydroxylation is 2. The first-order valence-corrected chi connectivity index (χ1v) is 6.38. The lowest BCUT2D eigenvalue weighted by Crippen LogP contribution is -2.13. The fraction of sp³-hybridized carbons (Fsp3) is 0.538. The van der Waals surface area contributed by atoms with Crippen LogP contribution >= 0.6 is 0 Å². The van der Waals surface area contributed by atoms with E-state index in [9.17, 15) is 0 Å². The Morgan fingerprint density at radius 3 is 2.83 bits per heavy atom. The molecule has 0 saturated carbocycles. The first-order valence-electron chi connectivity index (χ1n) is 6.38. The zero-order valence-electron chi connectivity index (χ0n) is 11.5. The van der Waals surface area contributed by atoms with E-state index < -0.39 is 0 Å². The van der Waals surface area contributed by atoms with Crippen molar-refractivity contribution in [3.05, 3.63) is 29.7 Å². The van der Waals surface area contributed by atoms with E-state index in [2.05, 4.69) is 40.1 Å². The SMILES string of the molecule is CC[C@H](C)n1nccc1CNc1cc(C)nn1C. The van der Waals surface area contributed by atoms with Gasteiger partial charge in [-0.15, -0.1) is 0 Å². The van der Waals surface area contributed by atoms with Gasteiger partial charge in [0, 0.05) is 25.4 Å². The maximum atomic E-state index is 4.38. The molecule has 0 fully saturated rings. The van der Waals surface area contributed by atoms with Crippen LogP contribution in [0.1, 0.15) is 37.7 Å². The van der Waals surface area contributed by atoms with Gasteiger partial charge in [-0.3, -0.25) is 9.36 Å². The molecule has 0 aliphatic heterocycles. The summed E-state index contributed by atoms with van der Waals surface area (Å²) in [6.45, 7) is 7.12. The first kappa shape index (κ1) is 12.7. The summed E-state index contributed by atoms with van der Waals surface area (Å²) < 4.78 is 3.94. The van der Waals surface area contributed by atoms with Crippen LogP contribution in [0.4, 0.5) is 5.82 Å². The molecule has 0 aliphatic rings. The molecule has 0 saturated heterocycles. The van der Waals surface area contributed by atoms with Gasteiger partial charge in [-0.25, -0.2) is 0 Å². The third-order valence-corrected chi connectivity index (χ3v) is 3.21. The molecule has 5 nitrogen and oxygen atoms in total. The second-order valence-corrected chi connectivity index (χ2v) is 4.67. The van der Waals surface area contributed by atoms with Crippen molar-refractivity contribution in [2.24, 2.45) is 7.05 Å².